The Morgan fingerprint density at radius 3 is 2.57 bits per heavy atom. The molecule has 2 N–H and O–H groups in total. The minimum absolute atomic E-state index is 0.0507. The highest BCUT2D eigenvalue weighted by atomic mass is 32.2. The number of nitro benzene ring substituents is 1. The zero-order chi connectivity index (χ0) is 15.0. The lowest BCUT2D eigenvalue weighted by molar-refractivity contribution is -0.384. The third kappa shape index (κ3) is 2.78. The van der Waals surface area contributed by atoms with Crippen LogP contribution in [0, 0.1) is 22.0 Å². The number of hydrogen-bond donors (Lipinski definition) is 2. The summed E-state index contributed by atoms with van der Waals surface area (Å²) in [5.74, 6) is 0.896. The van der Waals surface area contributed by atoms with Crippen molar-refractivity contribution < 1.29 is 13.3 Å². The van der Waals surface area contributed by atoms with Gasteiger partial charge in [0.1, 0.15) is 0 Å². The van der Waals surface area contributed by atoms with Gasteiger partial charge < -0.3 is 5.32 Å². The SMILES string of the molecule is O=[N+]([O-])c1ccc(S(=O)(=O)NC2CCC3CNCC32)cc1. The summed E-state index contributed by atoms with van der Waals surface area (Å²) in [6.07, 6.45) is 1.88. The normalized spacial score (nSPS) is 28.5. The predicted octanol–water partition coefficient (Wildman–Crippen LogP) is 0.871. The van der Waals surface area contributed by atoms with Crippen molar-refractivity contribution in [3.63, 3.8) is 0 Å². The van der Waals surface area contributed by atoms with Gasteiger partial charge in [0.15, 0.2) is 0 Å². The van der Waals surface area contributed by atoms with Gasteiger partial charge in [-0.05, 0) is 49.9 Å². The Kier molecular flexibility index (Phi) is 3.68. The Bertz CT molecular complexity index is 644. The van der Waals surface area contributed by atoms with Crippen molar-refractivity contribution in [2.45, 2.75) is 23.8 Å². The number of non-ortho nitro benzene ring substituents is 1. The molecule has 1 saturated carbocycles. The summed E-state index contributed by atoms with van der Waals surface area (Å²) in [5, 5.41) is 13.9. The molecule has 3 unspecified atom stereocenters. The molecule has 1 heterocycles. The minimum Gasteiger partial charge on any atom is -0.316 e. The zero-order valence-electron chi connectivity index (χ0n) is 11.4. The van der Waals surface area contributed by atoms with E-state index in [4.69, 9.17) is 0 Å². The summed E-state index contributed by atoms with van der Waals surface area (Å²) < 4.78 is 27.5. The molecule has 0 bridgehead atoms. The lowest BCUT2D eigenvalue weighted by Crippen LogP contribution is -2.39. The van der Waals surface area contributed by atoms with Crippen LogP contribution in [0.2, 0.25) is 0 Å². The molecule has 2 fully saturated rings. The molecule has 0 aromatic heterocycles. The highest BCUT2D eigenvalue weighted by Crippen LogP contribution is 2.35. The number of nitrogens with one attached hydrogen (secondary N) is 2. The number of sulfonamides is 1. The molecule has 1 aromatic carbocycles. The maximum Gasteiger partial charge on any atom is 0.269 e. The van der Waals surface area contributed by atoms with Crippen molar-refractivity contribution >= 4 is 15.7 Å². The molecule has 0 amide bonds. The molecule has 1 aliphatic heterocycles. The lowest BCUT2D eigenvalue weighted by Gasteiger charge is -2.19. The zero-order valence-corrected chi connectivity index (χ0v) is 12.2. The summed E-state index contributed by atoms with van der Waals surface area (Å²) in [5.41, 5.74) is -0.116. The Balaban J connectivity index is 1.76. The number of nitro groups is 1. The van der Waals surface area contributed by atoms with Crippen LogP contribution in [-0.2, 0) is 10.0 Å². The Labute approximate surface area is 122 Å². The van der Waals surface area contributed by atoms with E-state index in [1.165, 1.54) is 24.3 Å². The fourth-order valence-electron chi connectivity index (χ4n) is 3.31. The van der Waals surface area contributed by atoms with Crippen LogP contribution in [0.15, 0.2) is 29.2 Å². The van der Waals surface area contributed by atoms with E-state index in [0.717, 1.165) is 25.9 Å². The summed E-state index contributed by atoms with van der Waals surface area (Å²) in [7, 11) is -3.63. The van der Waals surface area contributed by atoms with E-state index in [2.05, 4.69) is 10.0 Å². The molecule has 1 saturated heterocycles. The molecule has 3 atom stereocenters. The van der Waals surface area contributed by atoms with Crippen LogP contribution in [0.25, 0.3) is 0 Å². The van der Waals surface area contributed by atoms with E-state index in [0.29, 0.717) is 11.8 Å². The van der Waals surface area contributed by atoms with E-state index < -0.39 is 14.9 Å². The summed E-state index contributed by atoms with van der Waals surface area (Å²) in [4.78, 5) is 10.1. The average molecular weight is 311 g/mol. The molecule has 2 aliphatic rings. The number of fused-ring (bicyclic) bond motifs is 1. The van der Waals surface area contributed by atoms with Crippen molar-refractivity contribution in [1.82, 2.24) is 10.0 Å². The van der Waals surface area contributed by atoms with Crippen molar-refractivity contribution in [3.05, 3.63) is 34.4 Å². The predicted molar refractivity (Wildman–Crippen MR) is 76.3 cm³/mol. The molecule has 114 valence electrons. The van der Waals surface area contributed by atoms with E-state index >= 15 is 0 Å². The maximum absolute atomic E-state index is 12.4. The molecular formula is C13H17N3O4S. The van der Waals surface area contributed by atoms with E-state index in [-0.39, 0.29) is 16.6 Å². The van der Waals surface area contributed by atoms with Crippen LogP contribution in [-0.4, -0.2) is 32.5 Å². The highest BCUT2D eigenvalue weighted by molar-refractivity contribution is 7.89. The number of hydrogen-bond acceptors (Lipinski definition) is 5. The van der Waals surface area contributed by atoms with Gasteiger partial charge in [-0.25, -0.2) is 13.1 Å². The van der Waals surface area contributed by atoms with Gasteiger partial charge in [-0.1, -0.05) is 0 Å². The van der Waals surface area contributed by atoms with Crippen LogP contribution in [0.3, 0.4) is 0 Å². The van der Waals surface area contributed by atoms with Crippen LogP contribution < -0.4 is 10.0 Å². The lowest BCUT2D eigenvalue weighted by atomic mass is 9.98. The standard InChI is InChI=1S/C13H17N3O4S/c17-16(18)10-2-4-11(5-3-10)21(19,20)15-13-6-1-9-7-14-8-12(9)13/h2-5,9,12-15H,1,6-8H2. The fourth-order valence-corrected chi connectivity index (χ4v) is 4.63. The quantitative estimate of drug-likeness (QED) is 0.634. The van der Waals surface area contributed by atoms with Crippen molar-refractivity contribution in [3.8, 4) is 0 Å². The molecule has 0 radical (unpaired) electrons. The topological polar surface area (TPSA) is 101 Å². The smallest absolute Gasteiger partial charge is 0.269 e. The Hall–Kier alpha value is -1.51. The van der Waals surface area contributed by atoms with Gasteiger partial charge in [-0.15, -0.1) is 0 Å². The molecule has 7 nitrogen and oxygen atoms in total. The third-order valence-corrected chi connectivity index (χ3v) is 5.93. The Morgan fingerprint density at radius 1 is 1.19 bits per heavy atom. The van der Waals surface area contributed by atoms with Crippen LogP contribution >= 0.6 is 0 Å². The second-order valence-corrected chi connectivity index (χ2v) is 7.35. The van der Waals surface area contributed by atoms with Gasteiger partial charge in [0, 0.05) is 18.2 Å². The largest absolute Gasteiger partial charge is 0.316 e. The molecule has 3 rings (SSSR count). The van der Waals surface area contributed by atoms with E-state index in [1.807, 2.05) is 0 Å². The summed E-state index contributed by atoms with van der Waals surface area (Å²) >= 11 is 0. The van der Waals surface area contributed by atoms with Crippen LogP contribution in [0.1, 0.15) is 12.8 Å². The van der Waals surface area contributed by atoms with Gasteiger partial charge in [0.25, 0.3) is 5.69 Å². The number of rotatable bonds is 4. The molecule has 21 heavy (non-hydrogen) atoms. The first-order chi connectivity index (χ1) is 9.97. The second-order valence-electron chi connectivity index (χ2n) is 5.64. The van der Waals surface area contributed by atoms with Crippen LogP contribution in [0.5, 0.6) is 0 Å². The fraction of sp³-hybridized carbons (Fsp3) is 0.538. The molecule has 8 heteroatoms. The van der Waals surface area contributed by atoms with Gasteiger partial charge >= 0.3 is 0 Å². The highest BCUT2D eigenvalue weighted by Gasteiger charge is 2.40. The van der Waals surface area contributed by atoms with Crippen molar-refractivity contribution in [2.24, 2.45) is 11.8 Å². The van der Waals surface area contributed by atoms with Gasteiger partial charge in [-0.3, -0.25) is 10.1 Å². The van der Waals surface area contributed by atoms with Crippen LogP contribution in [0.4, 0.5) is 5.69 Å². The molecule has 0 spiro atoms. The molecule has 1 aliphatic carbocycles. The van der Waals surface area contributed by atoms with Gasteiger partial charge in [0.05, 0.1) is 9.82 Å². The maximum atomic E-state index is 12.4. The first-order valence-corrected chi connectivity index (χ1v) is 8.43. The van der Waals surface area contributed by atoms with Crippen molar-refractivity contribution in [1.29, 1.82) is 0 Å². The third-order valence-electron chi connectivity index (χ3n) is 4.42. The molecular weight excluding hydrogens is 294 g/mol. The monoisotopic (exact) mass is 311 g/mol. The van der Waals surface area contributed by atoms with E-state index in [1.54, 1.807) is 0 Å². The van der Waals surface area contributed by atoms with E-state index in [9.17, 15) is 18.5 Å². The molecule has 1 aromatic rings. The minimum atomic E-state index is -3.63. The first-order valence-electron chi connectivity index (χ1n) is 6.95. The number of benzene rings is 1. The van der Waals surface area contributed by atoms with Gasteiger partial charge in [0.2, 0.25) is 10.0 Å². The summed E-state index contributed by atoms with van der Waals surface area (Å²) in [6.45, 7) is 1.80. The first kappa shape index (κ1) is 14.4. The van der Waals surface area contributed by atoms with Gasteiger partial charge in [-0.2, -0.15) is 0 Å². The second kappa shape index (κ2) is 5.36. The Morgan fingerprint density at radius 2 is 1.90 bits per heavy atom. The van der Waals surface area contributed by atoms with Crippen molar-refractivity contribution in [2.75, 3.05) is 13.1 Å². The average Bonchev–Trinajstić information content (AvgIpc) is 3.04. The summed E-state index contributed by atoms with van der Waals surface area (Å²) in [6, 6.07) is 4.93. The number of nitrogens with zero attached hydrogens (tertiary/aromatic N) is 1.